The van der Waals surface area contributed by atoms with Crippen LogP contribution in [0.3, 0.4) is 0 Å². The van der Waals surface area contributed by atoms with Gasteiger partial charge < -0.3 is 19.9 Å². The maximum atomic E-state index is 12.4. The van der Waals surface area contributed by atoms with E-state index in [1.807, 2.05) is 12.1 Å². The van der Waals surface area contributed by atoms with Gasteiger partial charge in [0.1, 0.15) is 6.10 Å². The SMILES string of the molecule is N#Cc1ccc(CC(OC(=O)N2CCNCC2)c2cnc[nH]2)cc1. The Morgan fingerprint density at radius 1 is 1.33 bits per heavy atom. The molecule has 1 aromatic carbocycles. The second kappa shape index (κ2) is 7.62. The molecule has 1 unspecified atom stereocenters. The molecule has 1 aromatic heterocycles. The Labute approximate surface area is 140 Å². The molecule has 2 heterocycles. The van der Waals surface area contributed by atoms with Gasteiger partial charge in [-0.15, -0.1) is 0 Å². The fourth-order valence-corrected chi connectivity index (χ4v) is 2.63. The normalized spacial score (nSPS) is 15.5. The van der Waals surface area contributed by atoms with E-state index in [-0.39, 0.29) is 6.09 Å². The van der Waals surface area contributed by atoms with E-state index in [0.717, 1.165) is 24.3 Å². The summed E-state index contributed by atoms with van der Waals surface area (Å²) in [7, 11) is 0. The predicted molar refractivity (Wildman–Crippen MR) is 87.1 cm³/mol. The molecule has 124 valence electrons. The molecular weight excluding hydrogens is 306 g/mol. The van der Waals surface area contributed by atoms with Gasteiger partial charge in [0.25, 0.3) is 0 Å². The summed E-state index contributed by atoms with van der Waals surface area (Å²) in [5.41, 5.74) is 2.35. The lowest BCUT2D eigenvalue weighted by Crippen LogP contribution is -2.46. The van der Waals surface area contributed by atoms with Crippen molar-refractivity contribution < 1.29 is 9.53 Å². The van der Waals surface area contributed by atoms with Crippen molar-refractivity contribution in [1.29, 1.82) is 5.26 Å². The van der Waals surface area contributed by atoms with Crippen LogP contribution < -0.4 is 5.32 Å². The van der Waals surface area contributed by atoms with Crippen molar-refractivity contribution in [2.45, 2.75) is 12.5 Å². The van der Waals surface area contributed by atoms with Gasteiger partial charge >= 0.3 is 6.09 Å². The molecule has 1 saturated heterocycles. The number of aromatic nitrogens is 2. The number of benzene rings is 1. The minimum Gasteiger partial charge on any atom is -0.439 e. The van der Waals surface area contributed by atoms with Crippen LogP contribution in [0.5, 0.6) is 0 Å². The summed E-state index contributed by atoms with van der Waals surface area (Å²) in [4.78, 5) is 21.1. The van der Waals surface area contributed by atoms with Crippen molar-refractivity contribution in [2.75, 3.05) is 26.2 Å². The topological polar surface area (TPSA) is 94.0 Å². The molecule has 2 aromatic rings. The van der Waals surface area contributed by atoms with E-state index < -0.39 is 6.10 Å². The van der Waals surface area contributed by atoms with Gasteiger partial charge in [0.2, 0.25) is 0 Å². The molecule has 0 saturated carbocycles. The number of hydrogen-bond donors (Lipinski definition) is 2. The Kier molecular flexibility index (Phi) is 5.08. The highest BCUT2D eigenvalue weighted by Gasteiger charge is 2.24. The van der Waals surface area contributed by atoms with Gasteiger partial charge in [0.05, 0.1) is 29.9 Å². The van der Waals surface area contributed by atoms with Crippen LogP contribution in [0.4, 0.5) is 4.79 Å². The standard InChI is InChI=1S/C17H19N5O2/c18-10-14-3-1-13(2-4-14)9-16(15-11-20-12-21-15)24-17(23)22-7-5-19-6-8-22/h1-4,11-12,16,19H,5-9H2,(H,20,21). The molecule has 1 atom stereocenters. The second-order valence-electron chi connectivity index (χ2n) is 5.63. The number of carbonyl (C=O) groups is 1. The first-order chi connectivity index (χ1) is 11.8. The number of H-pyrrole nitrogens is 1. The number of ether oxygens (including phenoxy) is 1. The molecule has 1 aliphatic rings. The van der Waals surface area contributed by atoms with Gasteiger partial charge in [-0.25, -0.2) is 9.78 Å². The number of amides is 1. The maximum Gasteiger partial charge on any atom is 0.410 e. The van der Waals surface area contributed by atoms with Gasteiger partial charge in [-0.05, 0) is 17.7 Å². The van der Waals surface area contributed by atoms with Gasteiger partial charge in [-0.1, -0.05) is 12.1 Å². The molecule has 24 heavy (non-hydrogen) atoms. The van der Waals surface area contributed by atoms with Gasteiger partial charge in [0.15, 0.2) is 0 Å². The van der Waals surface area contributed by atoms with E-state index >= 15 is 0 Å². The summed E-state index contributed by atoms with van der Waals surface area (Å²) < 4.78 is 5.72. The molecule has 0 bridgehead atoms. The second-order valence-corrected chi connectivity index (χ2v) is 5.63. The van der Waals surface area contributed by atoms with Gasteiger partial charge in [0, 0.05) is 32.6 Å². The van der Waals surface area contributed by atoms with Crippen molar-refractivity contribution in [1.82, 2.24) is 20.2 Å². The molecule has 1 aliphatic heterocycles. The van der Waals surface area contributed by atoms with E-state index in [0.29, 0.717) is 25.1 Å². The zero-order chi connectivity index (χ0) is 16.8. The molecule has 2 N–H and O–H groups in total. The Hall–Kier alpha value is -2.85. The van der Waals surface area contributed by atoms with Crippen molar-refractivity contribution >= 4 is 6.09 Å². The number of hydrogen-bond acceptors (Lipinski definition) is 5. The fourth-order valence-electron chi connectivity index (χ4n) is 2.63. The Bertz CT molecular complexity index is 700. The summed E-state index contributed by atoms with van der Waals surface area (Å²) in [5.74, 6) is 0. The van der Waals surface area contributed by atoms with Crippen LogP contribution in [-0.2, 0) is 11.2 Å². The zero-order valence-electron chi connectivity index (χ0n) is 13.2. The molecule has 1 fully saturated rings. The molecule has 7 heteroatoms. The Morgan fingerprint density at radius 2 is 2.08 bits per heavy atom. The molecule has 0 aliphatic carbocycles. The first-order valence-electron chi connectivity index (χ1n) is 7.90. The molecule has 0 radical (unpaired) electrons. The van der Waals surface area contributed by atoms with Crippen molar-refractivity contribution in [3.63, 3.8) is 0 Å². The number of imidazole rings is 1. The average Bonchev–Trinajstić information content (AvgIpc) is 3.17. The molecule has 7 nitrogen and oxygen atoms in total. The fraction of sp³-hybridized carbons (Fsp3) is 0.353. The summed E-state index contributed by atoms with van der Waals surface area (Å²) in [6.07, 6.45) is 3.00. The zero-order valence-corrected chi connectivity index (χ0v) is 13.2. The lowest BCUT2D eigenvalue weighted by atomic mass is 10.0. The lowest BCUT2D eigenvalue weighted by Gasteiger charge is -2.28. The largest absolute Gasteiger partial charge is 0.439 e. The summed E-state index contributed by atoms with van der Waals surface area (Å²) >= 11 is 0. The number of piperazine rings is 1. The summed E-state index contributed by atoms with van der Waals surface area (Å²) in [5, 5.41) is 12.1. The van der Waals surface area contributed by atoms with Gasteiger partial charge in [-0.3, -0.25) is 0 Å². The van der Waals surface area contributed by atoms with Crippen LogP contribution in [-0.4, -0.2) is 47.1 Å². The van der Waals surface area contributed by atoms with E-state index in [1.54, 1.807) is 29.6 Å². The smallest absolute Gasteiger partial charge is 0.410 e. The Morgan fingerprint density at radius 3 is 2.71 bits per heavy atom. The first kappa shape index (κ1) is 16.0. The quantitative estimate of drug-likeness (QED) is 0.890. The highest BCUT2D eigenvalue weighted by atomic mass is 16.6. The highest BCUT2D eigenvalue weighted by Crippen LogP contribution is 2.22. The highest BCUT2D eigenvalue weighted by molar-refractivity contribution is 5.68. The molecule has 3 rings (SSSR count). The third kappa shape index (κ3) is 3.91. The number of nitrogens with zero attached hydrogens (tertiary/aromatic N) is 3. The molecule has 0 spiro atoms. The number of carbonyl (C=O) groups excluding carboxylic acids is 1. The van der Waals surface area contributed by atoms with Crippen molar-refractivity contribution in [3.8, 4) is 6.07 Å². The summed E-state index contributed by atoms with van der Waals surface area (Å²) in [6.45, 7) is 2.84. The maximum absolute atomic E-state index is 12.4. The molecular formula is C17H19N5O2. The number of nitriles is 1. The Balaban J connectivity index is 1.71. The van der Waals surface area contributed by atoms with Crippen LogP contribution in [0.15, 0.2) is 36.8 Å². The minimum atomic E-state index is -0.442. The first-order valence-corrected chi connectivity index (χ1v) is 7.90. The van der Waals surface area contributed by atoms with Crippen molar-refractivity contribution in [3.05, 3.63) is 53.6 Å². The van der Waals surface area contributed by atoms with Crippen molar-refractivity contribution in [2.24, 2.45) is 0 Å². The molecule has 1 amide bonds. The predicted octanol–water partition coefficient (Wildman–Crippen LogP) is 1.61. The third-order valence-electron chi connectivity index (χ3n) is 3.99. The average molecular weight is 325 g/mol. The monoisotopic (exact) mass is 325 g/mol. The van der Waals surface area contributed by atoms with Crippen LogP contribution in [0.1, 0.15) is 22.9 Å². The van der Waals surface area contributed by atoms with Gasteiger partial charge in [-0.2, -0.15) is 5.26 Å². The minimum absolute atomic E-state index is 0.315. The number of rotatable bonds is 4. The van der Waals surface area contributed by atoms with Crippen LogP contribution in [0.2, 0.25) is 0 Å². The number of nitrogens with one attached hydrogen (secondary N) is 2. The lowest BCUT2D eigenvalue weighted by molar-refractivity contribution is 0.0574. The van der Waals surface area contributed by atoms with Crippen LogP contribution >= 0.6 is 0 Å². The van der Waals surface area contributed by atoms with E-state index in [9.17, 15) is 4.79 Å². The third-order valence-corrected chi connectivity index (χ3v) is 3.99. The number of aromatic amines is 1. The summed E-state index contributed by atoms with van der Waals surface area (Å²) in [6, 6.07) is 9.37. The van der Waals surface area contributed by atoms with Crippen LogP contribution in [0.25, 0.3) is 0 Å². The van der Waals surface area contributed by atoms with E-state index in [4.69, 9.17) is 10.00 Å². The van der Waals surface area contributed by atoms with Crippen LogP contribution in [0, 0.1) is 11.3 Å². The van der Waals surface area contributed by atoms with E-state index in [1.165, 1.54) is 0 Å². The van der Waals surface area contributed by atoms with E-state index in [2.05, 4.69) is 21.4 Å².